The van der Waals surface area contributed by atoms with E-state index in [2.05, 4.69) is 15.7 Å². The molecule has 3 rings (SSSR count). The Morgan fingerprint density at radius 2 is 1.79 bits per heavy atom. The van der Waals surface area contributed by atoms with E-state index in [1.807, 2.05) is 18.2 Å². The summed E-state index contributed by atoms with van der Waals surface area (Å²) in [6, 6.07) is 10.7. The van der Waals surface area contributed by atoms with Gasteiger partial charge in [-0.05, 0) is 49.2 Å². The number of methoxy groups -OCH3 is 1. The number of nitrogens with one attached hydrogen (secondary N) is 2. The van der Waals surface area contributed by atoms with Crippen LogP contribution in [0.1, 0.15) is 34.7 Å². The molecule has 0 saturated carbocycles. The molecule has 0 unspecified atom stereocenters. The maximum atomic E-state index is 12.9. The molecule has 0 fully saturated rings. The van der Waals surface area contributed by atoms with Crippen molar-refractivity contribution < 1.29 is 19.1 Å². The molecule has 2 amide bonds. The number of benzene rings is 2. The molecule has 0 spiro atoms. The van der Waals surface area contributed by atoms with E-state index in [0.717, 1.165) is 16.6 Å². The minimum atomic E-state index is -0.708. The number of aryl methyl sites for hydroxylation is 1. The first kappa shape index (κ1) is 24.5. The summed E-state index contributed by atoms with van der Waals surface area (Å²) in [6.07, 6.45) is 0. The molecule has 174 valence electrons. The van der Waals surface area contributed by atoms with Crippen molar-refractivity contribution in [3.05, 3.63) is 52.7 Å². The number of carbonyl (C=O) groups excluding carboxylic acids is 3. The Bertz CT molecular complexity index is 1240. The van der Waals surface area contributed by atoms with Gasteiger partial charge in [0.25, 0.3) is 5.91 Å². The highest BCUT2D eigenvalue weighted by atomic mass is 35.5. The minimum Gasteiger partial charge on any atom is -0.465 e. The maximum Gasteiger partial charge on any atom is 0.339 e. The monoisotopic (exact) mass is 490 g/mol. The van der Waals surface area contributed by atoms with Crippen LogP contribution in [0.5, 0.6) is 0 Å². The van der Waals surface area contributed by atoms with Crippen molar-refractivity contribution in [2.75, 3.05) is 19.5 Å². The number of nitrogens with zero attached hydrogens (tertiary/aromatic N) is 2. The number of alkyl halides is 1. The van der Waals surface area contributed by atoms with Crippen LogP contribution >= 0.6 is 23.2 Å². The summed E-state index contributed by atoms with van der Waals surface area (Å²) in [5.41, 5.74) is 2.25. The Morgan fingerprint density at radius 1 is 1.12 bits per heavy atom. The van der Waals surface area contributed by atoms with Crippen LogP contribution in [0.2, 0.25) is 5.02 Å². The lowest BCUT2D eigenvalue weighted by atomic mass is 10.0. The smallest absolute Gasteiger partial charge is 0.339 e. The second kappa shape index (κ2) is 9.80. The highest BCUT2D eigenvalue weighted by Crippen LogP contribution is 2.29. The molecular weight excluding hydrogens is 467 g/mol. The van der Waals surface area contributed by atoms with Gasteiger partial charge in [-0.25, -0.2) is 4.79 Å². The van der Waals surface area contributed by atoms with Gasteiger partial charge >= 0.3 is 5.97 Å². The van der Waals surface area contributed by atoms with E-state index in [4.69, 9.17) is 27.9 Å². The van der Waals surface area contributed by atoms with Gasteiger partial charge in [0.2, 0.25) is 5.91 Å². The molecule has 10 heteroatoms. The lowest BCUT2D eigenvalue weighted by Gasteiger charge is -2.26. The normalized spacial score (nSPS) is 11.3. The van der Waals surface area contributed by atoms with E-state index in [9.17, 15) is 14.4 Å². The van der Waals surface area contributed by atoms with E-state index in [-0.39, 0.29) is 40.5 Å². The van der Waals surface area contributed by atoms with Crippen LogP contribution in [0.25, 0.3) is 22.0 Å². The van der Waals surface area contributed by atoms with E-state index < -0.39 is 11.5 Å². The Balaban J connectivity index is 1.88. The van der Waals surface area contributed by atoms with Gasteiger partial charge in [0.05, 0.1) is 28.8 Å². The number of carbonyl (C=O) groups is 3. The van der Waals surface area contributed by atoms with Gasteiger partial charge in [0, 0.05) is 19.0 Å². The van der Waals surface area contributed by atoms with Crippen LogP contribution in [-0.4, -0.2) is 52.6 Å². The van der Waals surface area contributed by atoms with Crippen molar-refractivity contribution in [2.45, 2.75) is 19.4 Å². The standard InChI is InChI=1S/C23H24Cl2N4O4/c1-23(2,12-26-19(30)11-24)27-21(31)20-16-8-6-14(10-18(16)29(3)28-20)13-5-7-15(17(25)9-13)22(32)33-4/h5-10H,11-12H2,1-4H3,(H,26,30)(H,27,31). The number of ether oxygens (including phenoxy) is 1. The average molecular weight is 491 g/mol. The number of hydrogen-bond acceptors (Lipinski definition) is 5. The van der Waals surface area contributed by atoms with Crippen molar-refractivity contribution in [3.63, 3.8) is 0 Å². The van der Waals surface area contributed by atoms with Gasteiger partial charge in [0.1, 0.15) is 5.88 Å². The number of esters is 1. The molecule has 33 heavy (non-hydrogen) atoms. The fraction of sp³-hybridized carbons (Fsp3) is 0.304. The molecule has 1 aromatic heterocycles. The Labute approximate surface area is 201 Å². The molecule has 2 N–H and O–H groups in total. The van der Waals surface area contributed by atoms with Crippen molar-refractivity contribution in [1.82, 2.24) is 20.4 Å². The molecule has 0 atom stereocenters. The number of hydrogen-bond donors (Lipinski definition) is 2. The number of halogens is 2. The van der Waals surface area contributed by atoms with Crippen molar-refractivity contribution in [2.24, 2.45) is 7.05 Å². The SMILES string of the molecule is COC(=O)c1ccc(-c2ccc3c(C(=O)NC(C)(C)CNC(=O)CCl)nn(C)c3c2)cc1Cl. The van der Waals surface area contributed by atoms with Crippen molar-refractivity contribution in [1.29, 1.82) is 0 Å². The van der Waals surface area contributed by atoms with Crippen LogP contribution in [0, 0.1) is 0 Å². The third-order valence-corrected chi connectivity index (χ3v) is 5.63. The fourth-order valence-electron chi connectivity index (χ4n) is 3.35. The Kier molecular flexibility index (Phi) is 7.29. The fourth-order valence-corrected chi connectivity index (χ4v) is 3.70. The van der Waals surface area contributed by atoms with E-state index in [1.54, 1.807) is 43.8 Å². The van der Waals surface area contributed by atoms with Crippen LogP contribution in [0.3, 0.4) is 0 Å². The van der Waals surface area contributed by atoms with Gasteiger partial charge in [-0.2, -0.15) is 5.10 Å². The minimum absolute atomic E-state index is 0.145. The molecule has 1 heterocycles. The van der Waals surface area contributed by atoms with E-state index >= 15 is 0 Å². The largest absolute Gasteiger partial charge is 0.465 e. The Morgan fingerprint density at radius 3 is 2.42 bits per heavy atom. The molecular formula is C23H24Cl2N4O4. The average Bonchev–Trinajstić information content (AvgIpc) is 3.12. The first-order chi connectivity index (χ1) is 15.6. The molecule has 8 nitrogen and oxygen atoms in total. The van der Waals surface area contributed by atoms with Crippen LogP contribution in [-0.2, 0) is 16.6 Å². The summed E-state index contributed by atoms with van der Waals surface area (Å²) in [4.78, 5) is 36.1. The van der Waals surface area contributed by atoms with Gasteiger partial charge in [0.15, 0.2) is 5.69 Å². The zero-order valence-corrected chi connectivity index (χ0v) is 20.2. The lowest BCUT2D eigenvalue weighted by molar-refractivity contribution is -0.118. The second-order valence-electron chi connectivity index (χ2n) is 8.14. The molecule has 0 aliphatic carbocycles. The number of amides is 2. The Hall–Kier alpha value is -3.10. The van der Waals surface area contributed by atoms with Gasteiger partial charge in [-0.1, -0.05) is 23.7 Å². The van der Waals surface area contributed by atoms with Gasteiger partial charge in [-0.15, -0.1) is 11.6 Å². The zero-order chi connectivity index (χ0) is 24.3. The number of rotatable bonds is 7. The molecule has 0 bridgehead atoms. The lowest BCUT2D eigenvalue weighted by Crippen LogP contribution is -2.51. The predicted octanol–water partition coefficient (Wildman–Crippen LogP) is 3.54. The van der Waals surface area contributed by atoms with E-state index in [1.165, 1.54) is 7.11 Å². The third-order valence-electron chi connectivity index (χ3n) is 5.08. The summed E-state index contributed by atoms with van der Waals surface area (Å²) in [5, 5.41) is 10.9. The summed E-state index contributed by atoms with van der Waals surface area (Å²) < 4.78 is 6.35. The van der Waals surface area contributed by atoms with Crippen LogP contribution < -0.4 is 10.6 Å². The van der Waals surface area contributed by atoms with Crippen LogP contribution in [0.4, 0.5) is 0 Å². The molecule has 0 radical (unpaired) electrons. The summed E-state index contributed by atoms with van der Waals surface area (Å²) in [5.74, 6) is -1.32. The highest BCUT2D eigenvalue weighted by molar-refractivity contribution is 6.33. The topological polar surface area (TPSA) is 102 Å². The summed E-state index contributed by atoms with van der Waals surface area (Å²) in [6.45, 7) is 3.82. The van der Waals surface area contributed by atoms with Crippen molar-refractivity contribution >= 4 is 51.9 Å². The predicted molar refractivity (Wildman–Crippen MR) is 128 cm³/mol. The molecule has 0 aliphatic heterocycles. The summed E-state index contributed by atoms with van der Waals surface area (Å²) >= 11 is 11.8. The maximum absolute atomic E-state index is 12.9. The third kappa shape index (κ3) is 5.46. The zero-order valence-electron chi connectivity index (χ0n) is 18.7. The first-order valence-electron chi connectivity index (χ1n) is 10.1. The highest BCUT2D eigenvalue weighted by Gasteiger charge is 2.25. The quantitative estimate of drug-likeness (QED) is 0.389. The molecule has 2 aromatic carbocycles. The first-order valence-corrected chi connectivity index (χ1v) is 11.0. The van der Waals surface area contributed by atoms with Gasteiger partial charge in [-0.3, -0.25) is 14.3 Å². The van der Waals surface area contributed by atoms with Crippen LogP contribution in [0.15, 0.2) is 36.4 Å². The van der Waals surface area contributed by atoms with E-state index in [0.29, 0.717) is 5.39 Å². The summed E-state index contributed by atoms with van der Waals surface area (Å²) in [7, 11) is 3.05. The van der Waals surface area contributed by atoms with Crippen molar-refractivity contribution in [3.8, 4) is 11.1 Å². The number of fused-ring (bicyclic) bond motifs is 1. The number of aromatic nitrogens is 2. The molecule has 0 aliphatic rings. The molecule has 3 aromatic rings. The molecule has 0 saturated heterocycles. The van der Waals surface area contributed by atoms with Gasteiger partial charge < -0.3 is 15.4 Å². The second-order valence-corrected chi connectivity index (χ2v) is 8.81.